The number of rotatable bonds is 3. The molecule has 8 heteroatoms. The third-order valence-corrected chi connectivity index (χ3v) is 2.64. The maximum absolute atomic E-state index is 11.6. The molecule has 2 aromatic rings. The van der Waals surface area contributed by atoms with Gasteiger partial charge in [-0.25, -0.2) is 5.10 Å². The molecule has 0 spiro atoms. The zero-order valence-corrected chi connectivity index (χ0v) is 9.34. The minimum Gasteiger partial charge on any atom is -0.345 e. The summed E-state index contributed by atoms with van der Waals surface area (Å²) in [6, 6.07) is 2.54. The Morgan fingerprint density at radius 2 is 2.24 bits per heavy atom. The van der Waals surface area contributed by atoms with Gasteiger partial charge in [0.2, 0.25) is 0 Å². The van der Waals surface area contributed by atoms with Crippen molar-refractivity contribution in [1.29, 1.82) is 0 Å². The molecule has 0 aliphatic heterocycles. The van der Waals surface area contributed by atoms with E-state index in [9.17, 15) is 14.4 Å². The van der Waals surface area contributed by atoms with Gasteiger partial charge in [0.25, 0.3) is 11.5 Å². The molecule has 7 nitrogen and oxygen atoms in total. The summed E-state index contributed by atoms with van der Waals surface area (Å²) < 4.78 is 0. The monoisotopic (exact) mass is 252 g/mol. The zero-order chi connectivity index (χ0) is 12.3. The number of aromatic nitrogens is 3. The van der Waals surface area contributed by atoms with Crippen LogP contribution in [0.3, 0.4) is 0 Å². The number of thiazole rings is 1. The molecular formula is C9H8N4O3S. The van der Waals surface area contributed by atoms with Crippen molar-refractivity contribution < 1.29 is 4.79 Å². The summed E-state index contributed by atoms with van der Waals surface area (Å²) in [5.74, 6) is -0.423. The summed E-state index contributed by atoms with van der Waals surface area (Å²) in [6.45, 7) is 0.207. The molecule has 0 fully saturated rings. The van der Waals surface area contributed by atoms with Crippen molar-refractivity contribution in [3.8, 4) is 0 Å². The minimum atomic E-state index is -0.423. The van der Waals surface area contributed by atoms with Gasteiger partial charge in [-0.1, -0.05) is 11.3 Å². The van der Waals surface area contributed by atoms with E-state index in [-0.39, 0.29) is 22.7 Å². The number of carbonyl (C=O) groups is 1. The Hall–Kier alpha value is -2.22. The predicted octanol–water partition coefficient (Wildman–Crippen LogP) is -0.550. The van der Waals surface area contributed by atoms with Crippen LogP contribution in [0.15, 0.2) is 27.1 Å². The first kappa shape index (κ1) is 11.3. The largest absolute Gasteiger partial charge is 0.345 e. The van der Waals surface area contributed by atoms with Crippen molar-refractivity contribution in [3.63, 3.8) is 0 Å². The third-order valence-electron chi connectivity index (χ3n) is 1.92. The van der Waals surface area contributed by atoms with Crippen LogP contribution in [0.1, 0.15) is 16.2 Å². The number of aromatic amines is 2. The third kappa shape index (κ3) is 2.88. The fraction of sp³-hybridized carbons (Fsp3) is 0.111. The lowest BCUT2D eigenvalue weighted by molar-refractivity contribution is 0.0944. The van der Waals surface area contributed by atoms with Crippen LogP contribution < -0.4 is 15.7 Å². The smallest absolute Gasteiger partial charge is 0.304 e. The average Bonchev–Trinajstić information content (AvgIpc) is 2.73. The maximum atomic E-state index is 11.6. The number of H-pyrrole nitrogens is 2. The predicted molar refractivity (Wildman–Crippen MR) is 61.0 cm³/mol. The highest BCUT2D eigenvalue weighted by molar-refractivity contribution is 7.07. The fourth-order valence-corrected chi connectivity index (χ4v) is 1.72. The van der Waals surface area contributed by atoms with Crippen LogP contribution in [0.25, 0.3) is 0 Å². The van der Waals surface area contributed by atoms with Crippen molar-refractivity contribution in [1.82, 2.24) is 20.5 Å². The molecule has 2 rings (SSSR count). The molecule has 0 saturated heterocycles. The van der Waals surface area contributed by atoms with Crippen molar-refractivity contribution in [3.05, 3.63) is 48.9 Å². The molecular weight excluding hydrogens is 244 g/mol. The second-order valence-electron chi connectivity index (χ2n) is 3.16. The Morgan fingerprint density at radius 3 is 2.82 bits per heavy atom. The number of nitrogens with one attached hydrogen (secondary N) is 3. The highest BCUT2D eigenvalue weighted by atomic mass is 32.1. The number of hydrogen-bond donors (Lipinski definition) is 3. The van der Waals surface area contributed by atoms with Crippen molar-refractivity contribution >= 4 is 17.2 Å². The fourth-order valence-electron chi connectivity index (χ4n) is 1.14. The van der Waals surface area contributed by atoms with E-state index in [1.54, 1.807) is 5.38 Å². The highest BCUT2D eigenvalue weighted by Crippen LogP contribution is 1.96. The van der Waals surface area contributed by atoms with Gasteiger partial charge in [0.1, 0.15) is 5.69 Å². The van der Waals surface area contributed by atoms with Crippen LogP contribution in [0.2, 0.25) is 0 Å². The average molecular weight is 252 g/mol. The van der Waals surface area contributed by atoms with Crippen LogP contribution in [0.4, 0.5) is 0 Å². The van der Waals surface area contributed by atoms with Gasteiger partial charge in [-0.05, 0) is 6.07 Å². The van der Waals surface area contributed by atoms with E-state index in [2.05, 4.69) is 20.5 Å². The molecule has 0 aromatic carbocycles. The van der Waals surface area contributed by atoms with Crippen LogP contribution in [-0.2, 0) is 6.54 Å². The van der Waals surface area contributed by atoms with Crippen LogP contribution in [0, 0.1) is 0 Å². The summed E-state index contributed by atoms with van der Waals surface area (Å²) in [4.78, 5) is 35.5. The zero-order valence-electron chi connectivity index (χ0n) is 8.52. The topological polar surface area (TPSA) is 108 Å². The second kappa shape index (κ2) is 4.74. The maximum Gasteiger partial charge on any atom is 0.304 e. The SMILES string of the molecule is O=C(NCc1csc(=O)[nH]1)c1ccc(=O)[nH]n1. The van der Waals surface area contributed by atoms with Gasteiger partial charge >= 0.3 is 4.87 Å². The van der Waals surface area contributed by atoms with E-state index in [1.165, 1.54) is 12.1 Å². The Labute approximate surface area is 98.5 Å². The molecule has 0 saturated carbocycles. The van der Waals surface area contributed by atoms with E-state index in [1.807, 2.05) is 0 Å². The van der Waals surface area contributed by atoms with Gasteiger partial charge in [-0.2, -0.15) is 5.10 Å². The van der Waals surface area contributed by atoms with Crippen LogP contribution in [-0.4, -0.2) is 21.1 Å². The van der Waals surface area contributed by atoms with Gasteiger partial charge < -0.3 is 10.3 Å². The standard InChI is InChI=1S/C9H8N4O3S/c14-7-2-1-6(12-13-7)8(15)10-3-5-4-17-9(16)11-5/h1-2,4H,3H2,(H,10,15)(H,11,16)(H,13,14). The minimum absolute atomic E-state index is 0.113. The summed E-state index contributed by atoms with van der Waals surface area (Å²) in [6.07, 6.45) is 0. The van der Waals surface area contributed by atoms with Crippen molar-refractivity contribution in [2.45, 2.75) is 6.54 Å². The number of nitrogens with zero attached hydrogens (tertiary/aromatic N) is 1. The Balaban J connectivity index is 2.00. The molecule has 17 heavy (non-hydrogen) atoms. The second-order valence-corrected chi connectivity index (χ2v) is 4.00. The van der Waals surface area contributed by atoms with E-state index < -0.39 is 5.91 Å². The van der Waals surface area contributed by atoms with Gasteiger partial charge in [0, 0.05) is 17.1 Å². The van der Waals surface area contributed by atoms with Crippen molar-refractivity contribution in [2.24, 2.45) is 0 Å². The molecule has 0 unspecified atom stereocenters. The summed E-state index contributed by atoms with van der Waals surface area (Å²) in [7, 11) is 0. The molecule has 0 bridgehead atoms. The van der Waals surface area contributed by atoms with E-state index >= 15 is 0 Å². The molecule has 0 atom stereocenters. The first-order valence-corrected chi connectivity index (χ1v) is 5.54. The molecule has 88 valence electrons. The first-order chi connectivity index (χ1) is 8.15. The Morgan fingerprint density at radius 1 is 1.41 bits per heavy atom. The highest BCUT2D eigenvalue weighted by Gasteiger charge is 2.07. The van der Waals surface area contributed by atoms with E-state index in [0.717, 1.165) is 11.3 Å². The van der Waals surface area contributed by atoms with Crippen LogP contribution in [0.5, 0.6) is 0 Å². The lowest BCUT2D eigenvalue weighted by Crippen LogP contribution is -2.25. The van der Waals surface area contributed by atoms with E-state index in [4.69, 9.17) is 0 Å². The summed E-state index contributed by atoms with van der Waals surface area (Å²) >= 11 is 1.03. The number of hydrogen-bond acceptors (Lipinski definition) is 5. The van der Waals surface area contributed by atoms with E-state index in [0.29, 0.717) is 5.69 Å². The Kier molecular flexibility index (Phi) is 3.15. The molecule has 0 aliphatic rings. The number of carbonyl (C=O) groups excluding carboxylic acids is 1. The van der Waals surface area contributed by atoms with Crippen LogP contribution >= 0.6 is 11.3 Å². The molecule has 0 aliphatic carbocycles. The summed E-state index contributed by atoms with van der Waals surface area (Å²) in [5, 5.41) is 9.93. The Bertz CT molecular complexity index is 621. The number of amides is 1. The van der Waals surface area contributed by atoms with Gasteiger partial charge in [0.15, 0.2) is 0 Å². The lowest BCUT2D eigenvalue weighted by atomic mass is 10.3. The van der Waals surface area contributed by atoms with Gasteiger partial charge in [-0.15, -0.1) is 0 Å². The lowest BCUT2D eigenvalue weighted by Gasteiger charge is -2.01. The molecule has 0 radical (unpaired) electrons. The molecule has 2 heterocycles. The first-order valence-electron chi connectivity index (χ1n) is 4.66. The van der Waals surface area contributed by atoms with Crippen molar-refractivity contribution in [2.75, 3.05) is 0 Å². The quantitative estimate of drug-likeness (QED) is 0.681. The molecule has 1 amide bonds. The van der Waals surface area contributed by atoms with Gasteiger partial charge in [-0.3, -0.25) is 14.4 Å². The normalized spacial score (nSPS) is 10.1. The molecule has 2 aromatic heterocycles. The summed E-state index contributed by atoms with van der Waals surface area (Å²) in [5.41, 5.74) is 0.365. The van der Waals surface area contributed by atoms with Gasteiger partial charge in [0.05, 0.1) is 6.54 Å². The molecule has 3 N–H and O–H groups in total.